The van der Waals surface area contributed by atoms with Crippen molar-refractivity contribution in [2.24, 2.45) is 5.16 Å². The molecule has 0 saturated carbocycles. The molecule has 5 rings (SSSR count). The topological polar surface area (TPSA) is 89.7 Å². The zero-order valence-corrected chi connectivity index (χ0v) is 19.3. The molecule has 2 aromatic carbocycles. The average molecular weight is 488 g/mol. The third kappa shape index (κ3) is 3.88. The van der Waals surface area contributed by atoms with E-state index < -0.39 is 27.1 Å². The molecule has 3 heterocycles. The molecule has 0 bridgehead atoms. The maximum atomic E-state index is 15.0. The second kappa shape index (κ2) is 8.55. The number of benzene rings is 2. The van der Waals surface area contributed by atoms with Crippen LogP contribution in [0.5, 0.6) is 0 Å². The molecule has 0 amide bonds. The number of hydrogen-bond donors (Lipinski definition) is 0. The van der Waals surface area contributed by atoms with Crippen LogP contribution in [-0.2, 0) is 21.2 Å². The van der Waals surface area contributed by atoms with E-state index in [1.807, 2.05) is 0 Å². The molecule has 1 fully saturated rings. The number of alkyl halides is 1. The van der Waals surface area contributed by atoms with Gasteiger partial charge in [0.25, 0.3) is 0 Å². The van der Waals surface area contributed by atoms with E-state index in [2.05, 4.69) is 15.5 Å². The molecular formula is C23H23F2N5O3S. The number of sulfone groups is 1. The Morgan fingerprint density at radius 3 is 2.50 bits per heavy atom. The van der Waals surface area contributed by atoms with Crippen molar-refractivity contribution in [2.75, 3.05) is 26.8 Å². The first-order valence-corrected chi connectivity index (χ1v) is 12.3. The first kappa shape index (κ1) is 22.6. The van der Waals surface area contributed by atoms with Crippen LogP contribution in [0.25, 0.3) is 11.1 Å². The van der Waals surface area contributed by atoms with Crippen LogP contribution in [0.2, 0.25) is 0 Å². The van der Waals surface area contributed by atoms with E-state index in [0.29, 0.717) is 35.4 Å². The fourth-order valence-electron chi connectivity index (χ4n) is 4.49. The molecule has 178 valence electrons. The van der Waals surface area contributed by atoms with Crippen molar-refractivity contribution in [3.05, 3.63) is 66.2 Å². The van der Waals surface area contributed by atoms with Crippen molar-refractivity contribution >= 4 is 15.5 Å². The smallest absolute Gasteiger partial charge is 0.189 e. The minimum Gasteiger partial charge on any atom is -0.390 e. The summed E-state index contributed by atoms with van der Waals surface area (Å²) in [5.41, 5.74) is 2.10. The lowest BCUT2D eigenvalue weighted by Crippen LogP contribution is -2.65. The fraction of sp³-hybridized carbons (Fsp3) is 0.348. The Bertz CT molecular complexity index is 1320. The molecule has 1 atom stereocenters. The number of oxime groups is 1. The summed E-state index contributed by atoms with van der Waals surface area (Å²) in [6.45, 7) is -0.151. The number of aromatic nitrogens is 3. The highest BCUT2D eigenvalue weighted by Gasteiger charge is 2.53. The number of halogens is 2. The van der Waals surface area contributed by atoms with Crippen molar-refractivity contribution in [1.82, 2.24) is 19.9 Å². The summed E-state index contributed by atoms with van der Waals surface area (Å²) in [7, 11) is -2.10. The van der Waals surface area contributed by atoms with E-state index >= 15 is 0 Å². The number of likely N-dealkylation sites (tertiary alicyclic amines) is 1. The monoisotopic (exact) mass is 487 g/mol. The third-order valence-electron chi connectivity index (χ3n) is 6.30. The highest BCUT2D eigenvalue weighted by Crippen LogP contribution is 2.35. The molecule has 3 aromatic rings. The summed E-state index contributed by atoms with van der Waals surface area (Å²) in [5, 5.41) is 11.7. The maximum Gasteiger partial charge on any atom is 0.189 e. The van der Waals surface area contributed by atoms with Crippen molar-refractivity contribution in [3.8, 4) is 11.1 Å². The van der Waals surface area contributed by atoms with Gasteiger partial charge in [-0.25, -0.2) is 21.9 Å². The fourth-order valence-corrected chi connectivity index (χ4v) is 6.41. The predicted molar refractivity (Wildman–Crippen MR) is 121 cm³/mol. The Morgan fingerprint density at radius 1 is 1.15 bits per heavy atom. The van der Waals surface area contributed by atoms with E-state index in [9.17, 15) is 17.2 Å². The molecule has 0 spiro atoms. The van der Waals surface area contributed by atoms with E-state index in [1.165, 1.54) is 18.2 Å². The lowest BCUT2D eigenvalue weighted by Gasteiger charge is -2.45. The van der Waals surface area contributed by atoms with Crippen molar-refractivity contribution in [2.45, 2.75) is 28.7 Å². The first-order valence-electron chi connectivity index (χ1n) is 10.8. The van der Waals surface area contributed by atoms with Gasteiger partial charge in [-0.3, -0.25) is 0 Å². The molecular weight excluding hydrogens is 464 g/mol. The van der Waals surface area contributed by atoms with Gasteiger partial charge in [0.15, 0.2) is 15.9 Å². The molecule has 8 nitrogen and oxygen atoms in total. The van der Waals surface area contributed by atoms with Crippen LogP contribution >= 0.6 is 0 Å². The van der Waals surface area contributed by atoms with Crippen molar-refractivity contribution in [1.29, 1.82) is 0 Å². The van der Waals surface area contributed by atoms with Gasteiger partial charge >= 0.3 is 0 Å². The van der Waals surface area contributed by atoms with Crippen molar-refractivity contribution < 1.29 is 22.0 Å². The minimum absolute atomic E-state index is 0.0370. The molecule has 0 aliphatic carbocycles. The van der Waals surface area contributed by atoms with Crippen molar-refractivity contribution in [3.63, 3.8) is 0 Å². The van der Waals surface area contributed by atoms with Crippen LogP contribution in [0, 0.1) is 5.82 Å². The van der Waals surface area contributed by atoms with Crippen LogP contribution in [0.3, 0.4) is 0 Å². The molecule has 0 unspecified atom stereocenters. The third-order valence-corrected chi connectivity index (χ3v) is 8.70. The van der Waals surface area contributed by atoms with Gasteiger partial charge in [-0.15, -0.1) is 5.10 Å². The van der Waals surface area contributed by atoms with Gasteiger partial charge in [0.2, 0.25) is 0 Å². The molecule has 11 heteroatoms. The number of nitrogens with zero attached hydrogens (tertiary/aromatic N) is 5. The summed E-state index contributed by atoms with van der Waals surface area (Å²) >= 11 is 0. The van der Waals surface area contributed by atoms with Crippen LogP contribution in [0.4, 0.5) is 8.78 Å². The standard InChI is InChI=1S/C23H23F2N5O3S/c1-29-14-23(13-24,15-29)34(31,32)19-5-2-16(3-6-19)20-7-4-17(10-21(20)25)22-11-18(33-27-22)12-30-9-8-26-28-30/h2-10,18H,11-15H2,1H3/t18-/m1/s1. The minimum atomic E-state index is -3.85. The number of hydrogen-bond acceptors (Lipinski definition) is 7. The average Bonchev–Trinajstić information content (AvgIpc) is 3.49. The molecule has 2 aliphatic rings. The molecule has 1 aromatic heterocycles. The van der Waals surface area contributed by atoms with Gasteiger partial charge in [0.05, 0.1) is 23.3 Å². The van der Waals surface area contributed by atoms with E-state index in [4.69, 9.17) is 4.84 Å². The lowest BCUT2D eigenvalue weighted by molar-refractivity contribution is 0.0693. The molecule has 2 aliphatic heterocycles. The Balaban J connectivity index is 1.31. The Kier molecular flexibility index (Phi) is 5.68. The summed E-state index contributed by atoms with van der Waals surface area (Å²) in [4.78, 5) is 7.24. The normalized spacial score (nSPS) is 20.0. The van der Waals surface area contributed by atoms with Crippen LogP contribution < -0.4 is 0 Å². The Morgan fingerprint density at radius 2 is 1.88 bits per heavy atom. The largest absolute Gasteiger partial charge is 0.390 e. The summed E-state index contributed by atoms with van der Waals surface area (Å²) in [6, 6.07) is 10.7. The van der Waals surface area contributed by atoms with Crippen LogP contribution in [-0.4, -0.2) is 71.7 Å². The number of rotatable bonds is 7. The quantitative estimate of drug-likeness (QED) is 0.509. The van der Waals surface area contributed by atoms with Gasteiger partial charge < -0.3 is 9.74 Å². The van der Waals surface area contributed by atoms with Gasteiger partial charge in [-0.2, -0.15) is 0 Å². The van der Waals surface area contributed by atoms with Gasteiger partial charge in [-0.1, -0.05) is 34.6 Å². The van der Waals surface area contributed by atoms with E-state index in [0.717, 1.165) is 0 Å². The summed E-state index contributed by atoms with van der Waals surface area (Å²) in [6.07, 6.45) is 3.61. The highest BCUT2D eigenvalue weighted by atomic mass is 32.2. The SMILES string of the molecule is CN1CC(CF)(S(=O)(=O)c2ccc(-c3ccc(C4=NO[C@@H](Cn5ccnn5)C4)cc3F)cc2)C1. The predicted octanol–water partition coefficient (Wildman–Crippen LogP) is 2.70. The molecule has 1 saturated heterocycles. The van der Waals surface area contributed by atoms with Gasteiger partial charge in [0.1, 0.15) is 17.2 Å². The summed E-state index contributed by atoms with van der Waals surface area (Å²) < 4.78 is 54.8. The summed E-state index contributed by atoms with van der Waals surface area (Å²) in [5.74, 6) is -0.462. The molecule has 0 N–H and O–H groups in total. The first-order chi connectivity index (χ1) is 16.3. The zero-order valence-electron chi connectivity index (χ0n) is 18.4. The second-order valence-corrected chi connectivity index (χ2v) is 11.2. The Labute approximate surface area is 195 Å². The zero-order chi connectivity index (χ0) is 23.9. The second-order valence-electron chi connectivity index (χ2n) is 8.81. The molecule has 34 heavy (non-hydrogen) atoms. The van der Waals surface area contributed by atoms with E-state index in [1.54, 1.807) is 53.3 Å². The van der Waals surface area contributed by atoms with Crippen LogP contribution in [0.1, 0.15) is 12.0 Å². The Hall–Kier alpha value is -3.18. The van der Waals surface area contributed by atoms with E-state index in [-0.39, 0.29) is 24.1 Å². The van der Waals surface area contributed by atoms with Gasteiger partial charge in [-0.05, 0) is 30.8 Å². The molecule has 0 radical (unpaired) electrons. The maximum absolute atomic E-state index is 15.0. The lowest BCUT2D eigenvalue weighted by atomic mass is 9.99. The van der Waals surface area contributed by atoms with Crippen LogP contribution in [0.15, 0.2) is 64.9 Å². The van der Waals surface area contributed by atoms with Gasteiger partial charge in [0, 0.05) is 36.8 Å². The highest BCUT2D eigenvalue weighted by molar-refractivity contribution is 7.93.